The molecule has 8 heteroatoms. The molecule has 0 radical (unpaired) electrons. The monoisotopic (exact) mass is 295 g/mol. The number of carbonyl (C=O) groups excluding carboxylic acids is 1. The minimum Gasteiger partial charge on any atom is -0.457 e. The molecule has 0 N–H and O–H groups in total. The second-order valence-corrected chi connectivity index (χ2v) is 5.06. The third-order valence-electron chi connectivity index (χ3n) is 2.82. The summed E-state index contributed by atoms with van der Waals surface area (Å²) in [7, 11) is 0. The van der Waals surface area contributed by atoms with Gasteiger partial charge in [0.05, 0.1) is 0 Å². The van der Waals surface area contributed by atoms with E-state index in [4.69, 9.17) is 4.74 Å². The molecule has 0 fully saturated rings. The summed E-state index contributed by atoms with van der Waals surface area (Å²) in [5.74, 6) is 0.00354. The van der Waals surface area contributed by atoms with E-state index in [0.717, 1.165) is 5.56 Å². The largest absolute Gasteiger partial charge is 0.457 e. The molecular weight excluding hydrogens is 282 g/mol. The molecular formula is C12H13N3O4S. The van der Waals surface area contributed by atoms with E-state index in [1.165, 1.54) is 22.1 Å². The second kappa shape index (κ2) is 5.83. The van der Waals surface area contributed by atoms with Gasteiger partial charge in [0.15, 0.2) is 5.82 Å². The fourth-order valence-electron chi connectivity index (χ4n) is 1.76. The quantitative estimate of drug-likeness (QED) is 0.480. The zero-order valence-electron chi connectivity index (χ0n) is 11.0. The van der Waals surface area contributed by atoms with E-state index in [9.17, 15) is 14.9 Å². The highest BCUT2D eigenvalue weighted by atomic mass is 32.1. The Kier molecular flexibility index (Phi) is 4.14. The molecule has 0 aromatic carbocycles. The van der Waals surface area contributed by atoms with Gasteiger partial charge in [-0.1, -0.05) is 0 Å². The number of nitro groups is 1. The van der Waals surface area contributed by atoms with Gasteiger partial charge in [-0.2, -0.15) is 0 Å². The summed E-state index contributed by atoms with van der Waals surface area (Å²) in [5.41, 5.74) is 0.866. The number of esters is 1. The van der Waals surface area contributed by atoms with E-state index in [2.05, 4.69) is 4.98 Å². The maximum Gasteiger partial charge on any atom is 0.348 e. The number of carbonyl (C=O) groups is 1. The number of thiophene rings is 1. The lowest BCUT2D eigenvalue weighted by Gasteiger charge is -2.05. The van der Waals surface area contributed by atoms with Crippen molar-refractivity contribution < 1.29 is 14.5 Å². The van der Waals surface area contributed by atoms with Crippen molar-refractivity contribution in [3.63, 3.8) is 0 Å². The number of ether oxygens (including phenoxy) is 1. The van der Waals surface area contributed by atoms with Crippen LogP contribution in [0.3, 0.4) is 0 Å². The molecule has 7 nitrogen and oxygen atoms in total. The first-order valence-electron chi connectivity index (χ1n) is 5.88. The summed E-state index contributed by atoms with van der Waals surface area (Å²) in [6.07, 6.45) is 1.20. The van der Waals surface area contributed by atoms with Crippen LogP contribution in [0.15, 0.2) is 17.6 Å². The van der Waals surface area contributed by atoms with Gasteiger partial charge in [-0.25, -0.2) is 14.3 Å². The fourth-order valence-corrected chi connectivity index (χ4v) is 2.57. The molecule has 0 amide bonds. The molecule has 0 saturated heterocycles. The van der Waals surface area contributed by atoms with E-state index >= 15 is 0 Å². The van der Waals surface area contributed by atoms with Crippen LogP contribution < -0.4 is 0 Å². The van der Waals surface area contributed by atoms with Gasteiger partial charge in [-0.3, -0.25) is 0 Å². The molecule has 20 heavy (non-hydrogen) atoms. The van der Waals surface area contributed by atoms with E-state index in [1.807, 2.05) is 18.4 Å². The Morgan fingerprint density at radius 1 is 1.55 bits per heavy atom. The van der Waals surface area contributed by atoms with E-state index < -0.39 is 10.9 Å². The van der Waals surface area contributed by atoms with Crippen molar-refractivity contribution in [2.24, 2.45) is 0 Å². The molecule has 0 spiro atoms. The molecule has 2 heterocycles. The van der Waals surface area contributed by atoms with E-state index in [0.29, 0.717) is 10.7 Å². The number of imidazole rings is 1. The maximum absolute atomic E-state index is 11.8. The fraction of sp³-hybridized carbons (Fsp3) is 0.333. The summed E-state index contributed by atoms with van der Waals surface area (Å²) in [5, 5.41) is 12.6. The first-order valence-corrected chi connectivity index (χ1v) is 6.76. The van der Waals surface area contributed by atoms with Gasteiger partial charge in [0, 0.05) is 6.92 Å². The highest BCUT2D eigenvalue weighted by Crippen LogP contribution is 2.17. The van der Waals surface area contributed by atoms with Gasteiger partial charge >= 0.3 is 11.8 Å². The third kappa shape index (κ3) is 2.85. The average molecular weight is 295 g/mol. The van der Waals surface area contributed by atoms with Crippen LogP contribution in [0.1, 0.15) is 21.1 Å². The summed E-state index contributed by atoms with van der Waals surface area (Å²) in [6, 6.07) is 1.84. The third-order valence-corrected chi connectivity index (χ3v) is 3.81. The zero-order valence-corrected chi connectivity index (χ0v) is 11.8. The molecule has 0 aliphatic rings. The zero-order chi connectivity index (χ0) is 14.7. The van der Waals surface area contributed by atoms with Gasteiger partial charge in [-0.15, -0.1) is 11.3 Å². The summed E-state index contributed by atoms with van der Waals surface area (Å²) < 4.78 is 6.54. The minimum atomic E-state index is -0.509. The van der Waals surface area contributed by atoms with Crippen LogP contribution in [-0.2, 0) is 11.3 Å². The van der Waals surface area contributed by atoms with Crippen LogP contribution in [0.5, 0.6) is 0 Å². The lowest BCUT2D eigenvalue weighted by atomic mass is 10.3. The molecule has 0 saturated carbocycles. The van der Waals surface area contributed by atoms with Crippen LogP contribution in [0.2, 0.25) is 0 Å². The number of aromatic nitrogens is 2. The Morgan fingerprint density at radius 2 is 2.30 bits per heavy atom. The van der Waals surface area contributed by atoms with Crippen molar-refractivity contribution >= 4 is 23.1 Å². The normalized spacial score (nSPS) is 10.5. The van der Waals surface area contributed by atoms with Gasteiger partial charge in [0.1, 0.15) is 24.2 Å². The maximum atomic E-state index is 11.8. The van der Waals surface area contributed by atoms with Crippen molar-refractivity contribution in [1.82, 2.24) is 9.55 Å². The first kappa shape index (κ1) is 14.2. The second-order valence-electron chi connectivity index (χ2n) is 4.14. The molecule has 106 valence electrons. The van der Waals surface area contributed by atoms with Gasteiger partial charge in [-0.05, 0) is 28.9 Å². The molecule has 0 aliphatic carbocycles. The lowest BCUT2D eigenvalue weighted by molar-refractivity contribution is -0.392. The number of nitrogens with zero attached hydrogens (tertiary/aromatic N) is 3. The number of aryl methyl sites for hydroxylation is 2. The predicted octanol–water partition coefficient (Wildman–Crippen LogP) is 2.33. The van der Waals surface area contributed by atoms with Crippen molar-refractivity contribution in [1.29, 1.82) is 0 Å². The molecule has 0 unspecified atom stereocenters. The Labute approximate surface area is 119 Å². The summed E-state index contributed by atoms with van der Waals surface area (Å²) >= 11 is 1.31. The van der Waals surface area contributed by atoms with Crippen LogP contribution in [0.4, 0.5) is 5.82 Å². The van der Waals surface area contributed by atoms with Gasteiger partial charge < -0.3 is 14.9 Å². The highest BCUT2D eigenvalue weighted by Gasteiger charge is 2.18. The van der Waals surface area contributed by atoms with Crippen molar-refractivity contribution in [3.8, 4) is 0 Å². The molecule has 0 atom stereocenters. The van der Waals surface area contributed by atoms with Crippen LogP contribution in [0.25, 0.3) is 0 Å². The highest BCUT2D eigenvalue weighted by molar-refractivity contribution is 7.12. The molecule has 0 aliphatic heterocycles. The number of hydrogen-bond donors (Lipinski definition) is 0. The van der Waals surface area contributed by atoms with Crippen LogP contribution in [0, 0.1) is 24.0 Å². The molecule has 2 aromatic rings. The van der Waals surface area contributed by atoms with Gasteiger partial charge in [0.25, 0.3) is 0 Å². The topological polar surface area (TPSA) is 87.3 Å². The average Bonchev–Trinajstić information content (AvgIpc) is 2.96. The summed E-state index contributed by atoms with van der Waals surface area (Å²) in [4.78, 5) is 26.5. The Balaban J connectivity index is 1.97. The van der Waals surface area contributed by atoms with Crippen molar-refractivity contribution in [2.75, 3.05) is 6.61 Å². The minimum absolute atomic E-state index is 0.0637. The van der Waals surface area contributed by atoms with E-state index in [-0.39, 0.29) is 19.0 Å². The van der Waals surface area contributed by atoms with Crippen molar-refractivity contribution in [3.05, 3.63) is 44.0 Å². The standard InChI is InChI=1S/C12H13N3O4S/c1-8-3-6-20-11(8)12(16)19-5-4-14-9(2)13-7-10(14)15(17)18/h3,6-7H,4-5H2,1-2H3. The molecule has 0 bridgehead atoms. The molecule has 2 rings (SSSR count). The van der Waals surface area contributed by atoms with Gasteiger partial charge in [0.2, 0.25) is 0 Å². The van der Waals surface area contributed by atoms with Crippen molar-refractivity contribution in [2.45, 2.75) is 20.4 Å². The lowest BCUT2D eigenvalue weighted by Crippen LogP contribution is -2.13. The first-order chi connectivity index (χ1) is 9.50. The van der Waals surface area contributed by atoms with Crippen LogP contribution in [-0.4, -0.2) is 27.1 Å². The predicted molar refractivity (Wildman–Crippen MR) is 73.0 cm³/mol. The Bertz CT molecular complexity index is 647. The molecule has 2 aromatic heterocycles. The van der Waals surface area contributed by atoms with Crippen LogP contribution >= 0.6 is 11.3 Å². The Hall–Kier alpha value is -2.22. The summed E-state index contributed by atoms with van der Waals surface area (Å²) in [6.45, 7) is 3.77. The Morgan fingerprint density at radius 3 is 2.90 bits per heavy atom. The van der Waals surface area contributed by atoms with E-state index in [1.54, 1.807) is 6.92 Å². The smallest absolute Gasteiger partial charge is 0.348 e. The SMILES string of the molecule is Cc1ccsc1C(=O)OCCn1c([N+](=O)[O-])cnc1C. The number of rotatable bonds is 5. The number of hydrogen-bond acceptors (Lipinski definition) is 6.